The van der Waals surface area contributed by atoms with E-state index in [2.05, 4.69) is 10.6 Å². The maximum absolute atomic E-state index is 11.5. The Morgan fingerprint density at radius 1 is 1.28 bits per heavy atom. The van der Waals surface area contributed by atoms with Crippen molar-refractivity contribution in [2.45, 2.75) is 40.3 Å². The first-order valence-corrected chi connectivity index (χ1v) is 6.12. The Morgan fingerprint density at radius 2 is 1.89 bits per heavy atom. The van der Waals surface area contributed by atoms with Crippen LogP contribution in [-0.2, 0) is 6.54 Å². The van der Waals surface area contributed by atoms with E-state index in [1.165, 1.54) is 11.1 Å². The molecule has 1 aromatic rings. The summed E-state index contributed by atoms with van der Waals surface area (Å²) in [5.74, 6) is 0.808. The lowest BCUT2D eigenvalue weighted by atomic mass is 10.1. The van der Waals surface area contributed by atoms with Gasteiger partial charge in [-0.15, -0.1) is 0 Å². The minimum Gasteiger partial charge on any atom is -0.496 e. The zero-order valence-corrected chi connectivity index (χ0v) is 11.8. The molecule has 0 aliphatic heterocycles. The van der Waals surface area contributed by atoms with E-state index in [0.717, 1.165) is 11.3 Å². The van der Waals surface area contributed by atoms with Crippen molar-refractivity contribution in [1.82, 2.24) is 10.6 Å². The van der Waals surface area contributed by atoms with Gasteiger partial charge in [-0.1, -0.05) is 6.07 Å². The highest BCUT2D eigenvalue weighted by Crippen LogP contribution is 2.22. The fourth-order valence-electron chi connectivity index (χ4n) is 1.67. The van der Waals surface area contributed by atoms with Crippen molar-refractivity contribution >= 4 is 6.03 Å². The van der Waals surface area contributed by atoms with Gasteiger partial charge >= 0.3 is 6.03 Å². The minimum absolute atomic E-state index is 0.131. The van der Waals surface area contributed by atoms with Gasteiger partial charge in [-0.05, 0) is 44.9 Å². The standard InChI is InChI=1S/C14H22N2O2/c1-9(2)16-14(17)15-8-12-6-10(3)11(4)7-13(12)18-5/h6-7,9H,8H2,1-5H3,(H2,15,16,17). The number of ether oxygens (including phenoxy) is 1. The number of urea groups is 1. The van der Waals surface area contributed by atoms with Gasteiger partial charge in [-0.3, -0.25) is 0 Å². The summed E-state index contributed by atoms with van der Waals surface area (Å²) < 4.78 is 5.32. The number of amides is 2. The number of carbonyl (C=O) groups excluding carboxylic acids is 1. The topological polar surface area (TPSA) is 50.4 Å². The van der Waals surface area contributed by atoms with Crippen LogP contribution in [0.4, 0.5) is 4.79 Å². The smallest absolute Gasteiger partial charge is 0.315 e. The van der Waals surface area contributed by atoms with Crippen molar-refractivity contribution in [3.05, 3.63) is 28.8 Å². The molecule has 18 heavy (non-hydrogen) atoms. The summed E-state index contributed by atoms with van der Waals surface area (Å²) in [4.78, 5) is 11.5. The van der Waals surface area contributed by atoms with Crippen LogP contribution in [0.25, 0.3) is 0 Å². The Bertz CT molecular complexity index is 428. The number of aryl methyl sites for hydroxylation is 2. The van der Waals surface area contributed by atoms with Crippen LogP contribution in [0, 0.1) is 13.8 Å². The fraction of sp³-hybridized carbons (Fsp3) is 0.500. The minimum atomic E-state index is -0.162. The van der Waals surface area contributed by atoms with Crippen LogP contribution in [0.2, 0.25) is 0 Å². The zero-order valence-electron chi connectivity index (χ0n) is 11.8. The molecule has 0 saturated heterocycles. The molecule has 2 amide bonds. The maximum atomic E-state index is 11.5. The number of benzene rings is 1. The monoisotopic (exact) mass is 250 g/mol. The van der Waals surface area contributed by atoms with Crippen LogP contribution in [0.15, 0.2) is 12.1 Å². The van der Waals surface area contributed by atoms with E-state index in [0.29, 0.717) is 6.54 Å². The van der Waals surface area contributed by atoms with E-state index in [9.17, 15) is 4.79 Å². The Kier molecular flexibility index (Phi) is 5.01. The third-order valence-corrected chi connectivity index (χ3v) is 2.76. The first-order valence-electron chi connectivity index (χ1n) is 6.12. The van der Waals surface area contributed by atoms with Gasteiger partial charge in [-0.25, -0.2) is 4.79 Å². The summed E-state index contributed by atoms with van der Waals surface area (Å²) in [5, 5.41) is 5.61. The van der Waals surface area contributed by atoms with Crippen molar-refractivity contribution in [3.63, 3.8) is 0 Å². The van der Waals surface area contributed by atoms with Crippen LogP contribution >= 0.6 is 0 Å². The molecule has 0 saturated carbocycles. The highest BCUT2D eigenvalue weighted by atomic mass is 16.5. The highest BCUT2D eigenvalue weighted by Gasteiger charge is 2.08. The number of carbonyl (C=O) groups is 1. The van der Waals surface area contributed by atoms with Crippen LogP contribution in [0.1, 0.15) is 30.5 Å². The van der Waals surface area contributed by atoms with Gasteiger partial charge in [0.25, 0.3) is 0 Å². The molecule has 4 heteroatoms. The molecule has 0 bridgehead atoms. The van der Waals surface area contributed by atoms with E-state index in [-0.39, 0.29) is 12.1 Å². The summed E-state index contributed by atoms with van der Waals surface area (Å²) in [6, 6.07) is 4.01. The largest absolute Gasteiger partial charge is 0.496 e. The molecule has 1 rings (SSSR count). The van der Waals surface area contributed by atoms with E-state index in [1.807, 2.05) is 39.8 Å². The van der Waals surface area contributed by atoms with Gasteiger partial charge in [-0.2, -0.15) is 0 Å². The van der Waals surface area contributed by atoms with Crippen LogP contribution in [-0.4, -0.2) is 19.2 Å². The molecular formula is C14H22N2O2. The molecule has 0 heterocycles. The Labute approximate surface area is 109 Å². The second-order valence-electron chi connectivity index (χ2n) is 4.73. The Morgan fingerprint density at radius 3 is 2.44 bits per heavy atom. The van der Waals surface area contributed by atoms with Gasteiger partial charge in [0.05, 0.1) is 7.11 Å². The van der Waals surface area contributed by atoms with Gasteiger partial charge in [0, 0.05) is 18.2 Å². The Hall–Kier alpha value is -1.71. The SMILES string of the molecule is COc1cc(C)c(C)cc1CNC(=O)NC(C)C. The lowest BCUT2D eigenvalue weighted by molar-refractivity contribution is 0.238. The molecule has 0 atom stereocenters. The van der Waals surface area contributed by atoms with Gasteiger partial charge < -0.3 is 15.4 Å². The quantitative estimate of drug-likeness (QED) is 0.862. The Balaban J connectivity index is 2.72. The molecule has 0 aliphatic rings. The molecule has 1 aromatic carbocycles. The van der Waals surface area contributed by atoms with Crippen molar-refractivity contribution in [2.24, 2.45) is 0 Å². The van der Waals surface area contributed by atoms with Gasteiger partial charge in [0.15, 0.2) is 0 Å². The van der Waals surface area contributed by atoms with Crippen molar-refractivity contribution in [1.29, 1.82) is 0 Å². The highest BCUT2D eigenvalue weighted by molar-refractivity contribution is 5.74. The lowest BCUT2D eigenvalue weighted by Crippen LogP contribution is -2.39. The van der Waals surface area contributed by atoms with Crippen LogP contribution < -0.4 is 15.4 Å². The summed E-state index contributed by atoms with van der Waals surface area (Å²) >= 11 is 0. The summed E-state index contributed by atoms with van der Waals surface area (Å²) in [7, 11) is 1.64. The molecule has 0 aliphatic carbocycles. The number of nitrogens with one attached hydrogen (secondary N) is 2. The normalized spacial score (nSPS) is 10.3. The van der Waals surface area contributed by atoms with Crippen LogP contribution in [0.5, 0.6) is 5.75 Å². The van der Waals surface area contributed by atoms with E-state index < -0.39 is 0 Å². The average Bonchev–Trinajstić information content (AvgIpc) is 2.29. The molecular weight excluding hydrogens is 228 g/mol. The van der Waals surface area contributed by atoms with Crippen LogP contribution in [0.3, 0.4) is 0 Å². The van der Waals surface area contributed by atoms with E-state index >= 15 is 0 Å². The van der Waals surface area contributed by atoms with Gasteiger partial charge in [0.1, 0.15) is 5.75 Å². The second-order valence-corrected chi connectivity index (χ2v) is 4.73. The molecule has 100 valence electrons. The molecule has 0 spiro atoms. The first kappa shape index (κ1) is 14.4. The second kappa shape index (κ2) is 6.28. The third kappa shape index (κ3) is 3.95. The average molecular weight is 250 g/mol. The number of hydrogen-bond acceptors (Lipinski definition) is 2. The molecule has 0 unspecified atom stereocenters. The molecule has 0 fully saturated rings. The molecule has 0 aromatic heterocycles. The predicted octanol–water partition coefficient (Wildman–Crippen LogP) is 2.52. The van der Waals surface area contributed by atoms with Crippen molar-refractivity contribution in [3.8, 4) is 5.75 Å². The fourth-order valence-corrected chi connectivity index (χ4v) is 1.67. The molecule has 4 nitrogen and oxygen atoms in total. The van der Waals surface area contributed by atoms with Gasteiger partial charge in [0.2, 0.25) is 0 Å². The first-order chi connectivity index (χ1) is 8.43. The van der Waals surface area contributed by atoms with Crippen molar-refractivity contribution in [2.75, 3.05) is 7.11 Å². The molecule has 0 radical (unpaired) electrons. The maximum Gasteiger partial charge on any atom is 0.315 e. The van der Waals surface area contributed by atoms with E-state index in [4.69, 9.17) is 4.74 Å². The summed E-state index contributed by atoms with van der Waals surface area (Å²) in [5.41, 5.74) is 3.36. The third-order valence-electron chi connectivity index (χ3n) is 2.76. The number of hydrogen-bond donors (Lipinski definition) is 2. The summed E-state index contributed by atoms with van der Waals surface area (Å²) in [6.07, 6.45) is 0. The molecule has 2 N–H and O–H groups in total. The number of rotatable bonds is 4. The zero-order chi connectivity index (χ0) is 13.7. The summed E-state index contributed by atoms with van der Waals surface area (Å²) in [6.45, 7) is 8.40. The predicted molar refractivity (Wildman–Crippen MR) is 73.0 cm³/mol. The van der Waals surface area contributed by atoms with Crippen molar-refractivity contribution < 1.29 is 9.53 Å². The van der Waals surface area contributed by atoms with E-state index in [1.54, 1.807) is 7.11 Å². The lowest BCUT2D eigenvalue weighted by Gasteiger charge is -2.14. The number of methoxy groups -OCH3 is 1.